The van der Waals surface area contributed by atoms with E-state index >= 15 is 0 Å². The van der Waals surface area contributed by atoms with Crippen LogP contribution in [-0.4, -0.2) is 23.2 Å². The number of hydrogen-bond acceptors (Lipinski definition) is 3. The molecule has 1 aromatic heterocycles. The lowest BCUT2D eigenvalue weighted by molar-refractivity contribution is -0.0539. The lowest BCUT2D eigenvalue weighted by Gasteiger charge is -2.35. The van der Waals surface area contributed by atoms with Crippen molar-refractivity contribution < 1.29 is 4.74 Å². The Bertz CT molecular complexity index is 332. The fourth-order valence-electron chi connectivity index (χ4n) is 1.23. The van der Waals surface area contributed by atoms with Gasteiger partial charge in [0, 0.05) is 0 Å². The van der Waals surface area contributed by atoms with E-state index in [4.69, 9.17) is 10.00 Å². The first kappa shape index (κ1) is 7.32. The van der Waals surface area contributed by atoms with Crippen molar-refractivity contribution in [2.24, 2.45) is 0 Å². The van der Waals surface area contributed by atoms with E-state index in [2.05, 4.69) is 16.9 Å². The van der Waals surface area contributed by atoms with Crippen molar-refractivity contribution in [3.63, 3.8) is 0 Å². The molecule has 0 atom stereocenters. The molecule has 12 heavy (non-hydrogen) atoms. The molecule has 0 spiro atoms. The summed E-state index contributed by atoms with van der Waals surface area (Å²) >= 11 is 0. The number of hydrogen-bond donors (Lipinski definition) is 1. The zero-order valence-corrected chi connectivity index (χ0v) is 6.79. The van der Waals surface area contributed by atoms with Gasteiger partial charge in [-0.1, -0.05) is 0 Å². The Morgan fingerprint density at radius 1 is 1.75 bits per heavy atom. The Balaban J connectivity index is 2.29. The highest BCUT2D eigenvalue weighted by Gasteiger charge is 2.37. The van der Waals surface area contributed by atoms with Gasteiger partial charge in [-0.2, -0.15) is 5.26 Å². The van der Waals surface area contributed by atoms with Gasteiger partial charge in [-0.25, -0.2) is 4.98 Å². The van der Waals surface area contributed by atoms with Crippen molar-refractivity contribution in [3.8, 4) is 6.07 Å². The lowest BCUT2D eigenvalue weighted by Crippen LogP contribution is -2.44. The summed E-state index contributed by atoms with van der Waals surface area (Å²) in [4.78, 5) is 7.08. The molecule has 1 aromatic rings. The minimum absolute atomic E-state index is 0.00486. The first-order chi connectivity index (χ1) is 5.74. The van der Waals surface area contributed by atoms with Crippen molar-refractivity contribution in [1.29, 1.82) is 5.26 Å². The summed E-state index contributed by atoms with van der Waals surface area (Å²) in [5.41, 5.74) is 0.507. The quantitative estimate of drug-likeness (QED) is 0.658. The second-order valence-electron chi connectivity index (χ2n) is 3.31. The first-order valence-electron chi connectivity index (χ1n) is 3.78. The van der Waals surface area contributed by atoms with E-state index in [1.54, 1.807) is 6.20 Å². The number of H-pyrrole nitrogens is 1. The maximum absolute atomic E-state index is 8.55. The zero-order valence-electron chi connectivity index (χ0n) is 6.79. The monoisotopic (exact) mass is 163 g/mol. The second-order valence-corrected chi connectivity index (χ2v) is 3.31. The van der Waals surface area contributed by atoms with E-state index in [-0.39, 0.29) is 5.41 Å². The number of nitrogens with one attached hydrogen (secondary N) is 1. The summed E-state index contributed by atoms with van der Waals surface area (Å²) in [6.45, 7) is 3.44. The number of rotatable bonds is 1. The van der Waals surface area contributed by atoms with E-state index in [0.717, 1.165) is 5.82 Å². The van der Waals surface area contributed by atoms with Crippen LogP contribution >= 0.6 is 0 Å². The normalized spacial score (nSPS) is 19.7. The highest BCUT2D eigenvalue weighted by molar-refractivity contribution is 5.22. The minimum Gasteiger partial charge on any atom is -0.379 e. The van der Waals surface area contributed by atoms with Gasteiger partial charge in [-0.3, -0.25) is 0 Å². The third-order valence-electron chi connectivity index (χ3n) is 2.11. The van der Waals surface area contributed by atoms with E-state index in [0.29, 0.717) is 18.9 Å². The number of aromatic nitrogens is 2. The van der Waals surface area contributed by atoms with Gasteiger partial charge in [0.2, 0.25) is 0 Å². The predicted octanol–water partition coefficient (Wildman–Crippen LogP) is 0.569. The van der Waals surface area contributed by atoms with E-state index in [1.165, 1.54) is 0 Å². The largest absolute Gasteiger partial charge is 0.379 e. The van der Waals surface area contributed by atoms with Crippen molar-refractivity contribution in [2.45, 2.75) is 12.3 Å². The van der Waals surface area contributed by atoms with Crippen LogP contribution in [0, 0.1) is 11.3 Å². The number of nitrogens with zero attached hydrogens (tertiary/aromatic N) is 2. The van der Waals surface area contributed by atoms with Gasteiger partial charge in [-0.05, 0) is 6.92 Å². The van der Waals surface area contributed by atoms with Gasteiger partial charge in [0.15, 0.2) is 0 Å². The maximum Gasteiger partial charge on any atom is 0.137 e. The van der Waals surface area contributed by atoms with Crippen LogP contribution in [0.2, 0.25) is 0 Å². The molecule has 0 amide bonds. The fourth-order valence-corrected chi connectivity index (χ4v) is 1.23. The Labute approximate surface area is 70.2 Å². The standard InChI is InChI=1S/C8H9N3O/c1-8(4-12-5-8)7-10-3-6(2-9)11-7/h3H,4-5H2,1H3,(H,10,11). The van der Waals surface area contributed by atoms with Crippen LogP contribution in [0.15, 0.2) is 6.20 Å². The molecule has 4 nitrogen and oxygen atoms in total. The molecule has 0 saturated carbocycles. The molecule has 0 aromatic carbocycles. The predicted molar refractivity (Wildman–Crippen MR) is 41.5 cm³/mol. The second kappa shape index (κ2) is 2.32. The molecule has 2 rings (SSSR count). The summed E-state index contributed by atoms with van der Waals surface area (Å²) in [7, 11) is 0. The average molecular weight is 163 g/mol. The minimum atomic E-state index is -0.00486. The molecule has 1 aliphatic rings. The van der Waals surface area contributed by atoms with Crippen LogP contribution < -0.4 is 0 Å². The smallest absolute Gasteiger partial charge is 0.137 e. The summed E-state index contributed by atoms with van der Waals surface area (Å²) in [5, 5.41) is 8.55. The van der Waals surface area contributed by atoms with Crippen LogP contribution in [0.1, 0.15) is 18.4 Å². The molecule has 0 bridgehead atoms. The summed E-state index contributed by atoms with van der Waals surface area (Å²) in [6.07, 6.45) is 1.55. The third kappa shape index (κ3) is 0.908. The summed E-state index contributed by atoms with van der Waals surface area (Å²) in [6, 6.07) is 2.01. The van der Waals surface area contributed by atoms with Crippen LogP contribution in [0.5, 0.6) is 0 Å². The summed E-state index contributed by atoms with van der Waals surface area (Å²) < 4.78 is 5.09. The molecule has 1 saturated heterocycles. The average Bonchev–Trinajstić information content (AvgIpc) is 2.48. The van der Waals surface area contributed by atoms with Crippen LogP contribution in [0.4, 0.5) is 0 Å². The molecule has 0 aliphatic carbocycles. The van der Waals surface area contributed by atoms with E-state index in [1.807, 2.05) is 6.07 Å². The van der Waals surface area contributed by atoms with Gasteiger partial charge in [0.1, 0.15) is 17.6 Å². The molecule has 0 unspecified atom stereocenters. The Hall–Kier alpha value is -1.34. The van der Waals surface area contributed by atoms with Crippen molar-refractivity contribution in [2.75, 3.05) is 13.2 Å². The lowest BCUT2D eigenvalue weighted by atomic mass is 9.88. The molecular formula is C8H9N3O. The number of imidazole rings is 1. The number of ether oxygens (including phenoxy) is 1. The van der Waals surface area contributed by atoms with E-state index < -0.39 is 0 Å². The molecule has 62 valence electrons. The van der Waals surface area contributed by atoms with Gasteiger partial charge < -0.3 is 9.72 Å². The van der Waals surface area contributed by atoms with Crippen molar-refractivity contribution >= 4 is 0 Å². The highest BCUT2D eigenvalue weighted by Crippen LogP contribution is 2.28. The number of aromatic amines is 1. The fraction of sp³-hybridized carbons (Fsp3) is 0.500. The van der Waals surface area contributed by atoms with E-state index in [9.17, 15) is 0 Å². The topological polar surface area (TPSA) is 61.7 Å². The van der Waals surface area contributed by atoms with Gasteiger partial charge in [0.25, 0.3) is 0 Å². The molecular weight excluding hydrogens is 154 g/mol. The van der Waals surface area contributed by atoms with Gasteiger partial charge in [-0.15, -0.1) is 0 Å². The highest BCUT2D eigenvalue weighted by atomic mass is 16.5. The number of nitriles is 1. The van der Waals surface area contributed by atoms with Gasteiger partial charge >= 0.3 is 0 Å². The third-order valence-corrected chi connectivity index (χ3v) is 2.11. The van der Waals surface area contributed by atoms with Crippen molar-refractivity contribution in [1.82, 2.24) is 9.97 Å². The summed E-state index contributed by atoms with van der Waals surface area (Å²) in [5.74, 6) is 0.852. The van der Waals surface area contributed by atoms with Crippen molar-refractivity contribution in [3.05, 3.63) is 17.7 Å². The SMILES string of the molecule is CC1(c2ncc(C#N)[nH]2)COC1. The molecule has 1 aliphatic heterocycles. The van der Waals surface area contributed by atoms with Crippen LogP contribution in [0.25, 0.3) is 0 Å². The van der Waals surface area contributed by atoms with Crippen LogP contribution in [-0.2, 0) is 10.2 Å². The zero-order chi connectivity index (χ0) is 8.60. The molecule has 4 heteroatoms. The van der Waals surface area contributed by atoms with Gasteiger partial charge in [0.05, 0.1) is 24.8 Å². The maximum atomic E-state index is 8.55. The molecule has 1 fully saturated rings. The Morgan fingerprint density at radius 2 is 2.50 bits per heavy atom. The molecule has 0 radical (unpaired) electrons. The first-order valence-corrected chi connectivity index (χ1v) is 3.78. The Kier molecular flexibility index (Phi) is 1.42. The van der Waals surface area contributed by atoms with Crippen LogP contribution in [0.3, 0.4) is 0 Å². The molecule has 1 N–H and O–H groups in total. The Morgan fingerprint density at radius 3 is 2.92 bits per heavy atom. The molecule has 2 heterocycles.